The lowest BCUT2D eigenvalue weighted by Gasteiger charge is -2.59. The van der Waals surface area contributed by atoms with Crippen LogP contribution < -0.4 is 18.9 Å². The molecule has 6 fully saturated rings. The molecule has 792 valence electrons. The second-order valence-corrected chi connectivity index (χ2v) is 44.5. The first kappa shape index (κ1) is 123. The Balaban J connectivity index is 0.000000303. The third kappa shape index (κ3) is 44.4. The minimum Gasteiger partial charge on any atom is -0.508 e. The summed E-state index contributed by atoms with van der Waals surface area (Å²) < 4.78 is 58.7. The molecule has 6 aliphatic rings. The Hall–Kier alpha value is -8.08. The molecule has 6 aliphatic carbocycles. The molecule has 6 saturated carbocycles. The van der Waals surface area contributed by atoms with Crippen molar-refractivity contribution in [3.8, 4) is 40.2 Å². The van der Waals surface area contributed by atoms with E-state index in [1.165, 1.54) is 96.7 Å². The molecule has 0 amide bonds. The van der Waals surface area contributed by atoms with Crippen molar-refractivity contribution < 1.29 is 72.3 Å². The minimum absolute atomic E-state index is 0.0224. The van der Waals surface area contributed by atoms with Crippen LogP contribution in [0.2, 0.25) is 0 Å². The Bertz CT molecular complexity index is 4140. The van der Waals surface area contributed by atoms with Gasteiger partial charge >= 0.3 is 11.9 Å². The molecule has 7 aromatic rings. The maximum atomic E-state index is 12.1. The first-order chi connectivity index (χ1) is 66.7. The van der Waals surface area contributed by atoms with Crippen molar-refractivity contribution in [2.24, 2.45) is 64.6 Å². The Morgan fingerprint density at radius 2 is 0.539 bits per heavy atom. The summed E-state index contributed by atoms with van der Waals surface area (Å²) in [5.74, 6) is 14.4. The maximum absolute atomic E-state index is 12.1. The van der Waals surface area contributed by atoms with Gasteiger partial charge in [0.15, 0.2) is 25.2 Å². The van der Waals surface area contributed by atoms with Crippen LogP contribution in [0.5, 0.6) is 40.2 Å². The fourth-order valence-electron chi connectivity index (χ4n) is 19.2. The van der Waals surface area contributed by atoms with Crippen LogP contribution in [0.4, 0.5) is 0 Å². The van der Waals surface area contributed by atoms with Crippen molar-refractivity contribution in [2.45, 2.75) is 453 Å². The average molecular weight is 1950 g/mol. The van der Waals surface area contributed by atoms with E-state index in [1.807, 2.05) is 130 Å². The molecule has 0 heterocycles. The van der Waals surface area contributed by atoms with Crippen LogP contribution in [0.3, 0.4) is 0 Å². The molecule has 0 aromatic heterocycles. The molecule has 15 heteroatoms. The third-order valence-corrected chi connectivity index (χ3v) is 30.7. The predicted octanol–water partition coefficient (Wildman–Crippen LogP) is 35.1. The van der Waals surface area contributed by atoms with Gasteiger partial charge in [0.1, 0.15) is 51.4 Å². The topological polar surface area (TPSA) is 187 Å². The number of phenolic OH excluding ortho intramolecular Hbond substituents is 3. The normalized spacial score (nSPS) is 21.7. The second-order valence-electron chi connectivity index (χ2n) is 44.5. The van der Waals surface area contributed by atoms with Crippen molar-refractivity contribution in [1.82, 2.24) is 0 Å². The maximum Gasteiger partial charge on any atom is 0.309 e. The van der Waals surface area contributed by atoms with Gasteiger partial charge in [-0.1, -0.05) is 251 Å². The van der Waals surface area contributed by atoms with Crippen LogP contribution in [0.25, 0.3) is 0 Å². The highest BCUT2D eigenvalue weighted by molar-refractivity contribution is 5.73. The van der Waals surface area contributed by atoms with Crippen LogP contribution in [-0.2, 0) is 38.0 Å². The molecule has 141 heavy (non-hydrogen) atoms. The van der Waals surface area contributed by atoms with Gasteiger partial charge < -0.3 is 62.7 Å². The van der Waals surface area contributed by atoms with Crippen LogP contribution in [0, 0.1) is 64.6 Å². The number of benzene rings is 7. The van der Waals surface area contributed by atoms with Crippen LogP contribution in [0.1, 0.15) is 443 Å². The van der Waals surface area contributed by atoms with E-state index in [0.717, 1.165) is 143 Å². The number of aromatic hydroxyl groups is 3. The second kappa shape index (κ2) is 63.4. The first-order valence-electron chi connectivity index (χ1n) is 55.2. The van der Waals surface area contributed by atoms with E-state index in [4.69, 9.17) is 62.7 Å². The SMILES string of the molecule is CCC(C)C(=O)OC(C)(C)C.CCC(C)C(=O)OC1(C)C2CC3CC(C2)CC1C3.CCC(C)c1ccc(O)cc1.CCC(C)c1ccc(O)cc1.CCC(C)c1ccc(O)cc1.CCC(C)c1ccc(OC(C)OC2CCC(C(C)(C)C3CCC(OC(C)Oc4ccc(C(C)CC)cc4)CC3)CC2)cc1.CCC(C)c1ccc(OC(C)OCC(C)C)cc1.CCC(C)c1ccc(OC(C)OCC(C)C)cc1. The fourth-order valence-corrected chi connectivity index (χ4v) is 19.2. The van der Waals surface area contributed by atoms with E-state index in [0.29, 0.717) is 100.0 Å². The molecule has 0 spiro atoms. The number of rotatable bonds is 39. The predicted molar refractivity (Wildman–Crippen MR) is 587 cm³/mol. The summed E-state index contributed by atoms with van der Waals surface area (Å²) in [5.41, 5.74) is 9.20. The van der Waals surface area contributed by atoms with Crippen molar-refractivity contribution in [3.63, 3.8) is 0 Å². The van der Waals surface area contributed by atoms with E-state index in [9.17, 15) is 9.59 Å². The van der Waals surface area contributed by atoms with Gasteiger partial charge in [0.2, 0.25) is 0 Å². The van der Waals surface area contributed by atoms with Crippen molar-refractivity contribution in [3.05, 3.63) is 209 Å². The Morgan fingerprint density at radius 1 is 0.312 bits per heavy atom. The molecule has 0 saturated heterocycles. The molecule has 13 atom stereocenters. The number of esters is 2. The van der Waals surface area contributed by atoms with E-state index >= 15 is 0 Å². The van der Waals surface area contributed by atoms with E-state index in [1.54, 1.807) is 36.4 Å². The monoisotopic (exact) mass is 1950 g/mol. The summed E-state index contributed by atoms with van der Waals surface area (Å²) in [4.78, 5) is 23.3. The first-order valence-corrected chi connectivity index (χ1v) is 55.2. The van der Waals surface area contributed by atoms with Crippen LogP contribution >= 0.6 is 0 Å². The fraction of sp³-hybridized carbons (Fsp3) is 0.651. The third-order valence-electron chi connectivity index (χ3n) is 30.7. The lowest BCUT2D eigenvalue weighted by molar-refractivity contribution is -0.206. The highest BCUT2D eigenvalue weighted by Crippen LogP contribution is 2.60. The zero-order valence-electron chi connectivity index (χ0n) is 94.2. The average Bonchev–Trinajstić information content (AvgIpc) is 0.731. The molecule has 13 unspecified atom stereocenters. The van der Waals surface area contributed by atoms with E-state index < -0.39 is 0 Å². The summed E-state index contributed by atoms with van der Waals surface area (Å²) in [6.07, 6.45) is 25.6. The van der Waals surface area contributed by atoms with Crippen molar-refractivity contribution >= 4 is 11.9 Å². The molecular weight excluding hydrogens is 1750 g/mol. The van der Waals surface area contributed by atoms with E-state index in [2.05, 4.69) is 225 Å². The molecular formula is C126H198O15. The van der Waals surface area contributed by atoms with Crippen molar-refractivity contribution in [1.29, 1.82) is 0 Å². The number of carbonyl (C=O) groups is 2. The van der Waals surface area contributed by atoms with Crippen LogP contribution in [0.15, 0.2) is 170 Å². The number of phenols is 3. The Morgan fingerprint density at radius 3 is 0.759 bits per heavy atom. The minimum atomic E-state index is -0.347. The molecule has 4 bridgehead atoms. The quantitative estimate of drug-likeness (QED) is 0.0244. The molecule has 7 aromatic carbocycles. The zero-order chi connectivity index (χ0) is 105. The van der Waals surface area contributed by atoms with Gasteiger partial charge in [0.05, 0.1) is 37.3 Å². The summed E-state index contributed by atoms with van der Waals surface area (Å²) >= 11 is 0. The summed E-state index contributed by atoms with van der Waals surface area (Å²) in [5, 5.41) is 27.0. The zero-order valence-corrected chi connectivity index (χ0v) is 94.2. The molecule has 13 rings (SSSR count). The molecule has 0 aliphatic heterocycles. The van der Waals surface area contributed by atoms with Gasteiger partial charge in [-0.25, -0.2) is 0 Å². The van der Waals surface area contributed by atoms with Gasteiger partial charge in [-0.05, 0) is 415 Å². The van der Waals surface area contributed by atoms with Gasteiger partial charge in [0, 0.05) is 0 Å². The van der Waals surface area contributed by atoms with Gasteiger partial charge in [0.25, 0.3) is 0 Å². The van der Waals surface area contributed by atoms with Gasteiger partial charge in [-0.3, -0.25) is 9.59 Å². The van der Waals surface area contributed by atoms with Crippen LogP contribution in [-0.4, -0.2) is 89.0 Å². The number of hydrogen-bond donors (Lipinski definition) is 3. The lowest BCUT2D eigenvalue weighted by atomic mass is 9.50. The smallest absolute Gasteiger partial charge is 0.309 e. The number of ether oxygens (including phenoxy) is 10. The highest BCUT2D eigenvalue weighted by Gasteiger charge is 2.57. The largest absolute Gasteiger partial charge is 0.508 e. The highest BCUT2D eigenvalue weighted by atomic mass is 16.7. The number of carbonyl (C=O) groups excluding carboxylic acids is 2. The summed E-state index contributed by atoms with van der Waals surface area (Å²) in [6, 6.07) is 56.0. The Labute approximate surface area is 858 Å². The molecule has 3 N–H and O–H groups in total. The standard InChI is InChI=1S/C39H60O4.3C16H26O2.3C10H14O.C9H18O2/c1-9-27(3)31-11-19-35(20-12-31)40-29(5)42-37-23-15-33(16-24-37)39(7,8)34-17-25-38(26-18-34)43-30(6)41-36-21-13-32(14-22-36)28(4)10-2;1-4-10(2)15(17)18-16(3)13-6-11-5-12(8-13)9-14(16)7-11;2*1-6-13(4)15-7-9-16(10-8-15)18-14(5)17-11-12(2)3;3*1-3-8(2)9-4-6-10(11)7-5-9;1-6-7(2)8(10)11-9(3,4)5/h11-14,19-22,27-30,33-34,37-38H,9-10,15-18,23-26H2,1-8H3;10-14H,4-9H2,1-3H3;2*7-10,12-14H,6,11H2,1-5H3;3*4-8,11H,3H2,1-2H3;7H,6H2,1-5H3. The van der Waals surface area contributed by atoms with Crippen molar-refractivity contribution in [2.75, 3.05) is 13.2 Å². The molecule has 0 radical (unpaired) electrons. The lowest BCUT2D eigenvalue weighted by Crippen LogP contribution is -2.58. The Kier molecular flexibility index (Phi) is 55.4. The van der Waals surface area contributed by atoms with E-state index in [-0.39, 0.29) is 60.1 Å². The summed E-state index contributed by atoms with van der Waals surface area (Å²) in [6.45, 7) is 69.7. The molecule has 15 nitrogen and oxygen atoms in total. The van der Waals surface area contributed by atoms with Gasteiger partial charge in [-0.15, -0.1) is 0 Å². The van der Waals surface area contributed by atoms with Gasteiger partial charge in [-0.2, -0.15) is 0 Å². The number of hydrogen-bond acceptors (Lipinski definition) is 15. The summed E-state index contributed by atoms with van der Waals surface area (Å²) in [7, 11) is 0.